The molecule has 0 heterocycles. The number of carbonyl (C=O) groups excluding carboxylic acids is 2. The Balaban J connectivity index is 3.24. The van der Waals surface area contributed by atoms with Gasteiger partial charge in [0.15, 0.2) is 0 Å². The largest absolute Gasteiger partial charge is 0.502 e. The van der Waals surface area contributed by atoms with Gasteiger partial charge in [-0.1, -0.05) is 0 Å². The highest BCUT2D eigenvalue weighted by molar-refractivity contribution is 6.26. The van der Waals surface area contributed by atoms with Crippen molar-refractivity contribution in [3.8, 4) is 0 Å². The van der Waals surface area contributed by atoms with E-state index in [9.17, 15) is 9.59 Å². The summed E-state index contributed by atoms with van der Waals surface area (Å²) in [5.74, 6) is -9.16. The number of carbonyl (C=O) groups is 2. The van der Waals surface area contributed by atoms with Crippen molar-refractivity contribution in [2.24, 2.45) is 0 Å². The number of hydrogen-bond donors (Lipinski definition) is 4. The van der Waals surface area contributed by atoms with E-state index < -0.39 is 28.9 Å². The van der Waals surface area contributed by atoms with E-state index in [4.69, 9.17) is 20.4 Å². The molecule has 0 aromatic carbocycles. The predicted octanol–water partition coefficient (Wildman–Crippen LogP) is -1.85. The molecule has 0 unspecified atom stereocenters. The molecule has 11 heavy (non-hydrogen) atoms. The lowest BCUT2D eigenvalue weighted by molar-refractivity contribution is -0.182. The van der Waals surface area contributed by atoms with Gasteiger partial charge in [0.25, 0.3) is 11.6 Å². The lowest BCUT2D eigenvalue weighted by Gasteiger charge is -2.08. The first-order valence-electron chi connectivity index (χ1n) is 2.55. The Hall–Kier alpha value is -1.40. The molecule has 0 aliphatic heterocycles. The van der Waals surface area contributed by atoms with Crippen LogP contribution in [0, 0.1) is 0 Å². The van der Waals surface area contributed by atoms with Crippen molar-refractivity contribution in [3.63, 3.8) is 0 Å². The van der Waals surface area contributed by atoms with Crippen molar-refractivity contribution in [2.75, 3.05) is 0 Å². The Labute approximate surface area is 60.0 Å². The summed E-state index contributed by atoms with van der Waals surface area (Å²) in [6.07, 6.45) is 0. The summed E-state index contributed by atoms with van der Waals surface area (Å²) in [5.41, 5.74) is 0. The molecule has 0 saturated heterocycles. The molecule has 0 radical (unpaired) electrons. The van der Waals surface area contributed by atoms with E-state index in [1.807, 2.05) is 0 Å². The van der Waals surface area contributed by atoms with Crippen LogP contribution in [0.25, 0.3) is 0 Å². The summed E-state index contributed by atoms with van der Waals surface area (Å²) < 4.78 is 0. The van der Waals surface area contributed by atoms with Gasteiger partial charge in [0.05, 0.1) is 0 Å². The van der Waals surface area contributed by atoms with Crippen LogP contribution in [0.3, 0.4) is 0 Å². The van der Waals surface area contributed by atoms with Gasteiger partial charge in [0.1, 0.15) is 0 Å². The van der Waals surface area contributed by atoms with Gasteiger partial charge in [-0.25, -0.2) is 0 Å². The maximum absolute atomic E-state index is 10.5. The molecule has 6 nitrogen and oxygen atoms in total. The third-order valence-electron chi connectivity index (χ3n) is 1.29. The highest BCUT2D eigenvalue weighted by atomic mass is 16.5. The minimum absolute atomic E-state index is 1.32. The Bertz CT molecular complexity index is 247. The number of hydrogen-bond acceptors (Lipinski definition) is 6. The molecule has 0 atom stereocenters. The maximum atomic E-state index is 10.5. The Morgan fingerprint density at radius 2 is 1.18 bits per heavy atom. The fraction of sp³-hybridized carbons (Fsp3) is 0.200. The maximum Gasteiger partial charge on any atom is 0.301 e. The molecule has 1 aliphatic carbocycles. The zero-order valence-corrected chi connectivity index (χ0v) is 5.11. The first-order chi connectivity index (χ1) is 4.89. The van der Waals surface area contributed by atoms with E-state index in [2.05, 4.69) is 0 Å². The molecule has 60 valence electrons. The summed E-state index contributed by atoms with van der Waals surface area (Å²) in [4.78, 5) is 20.9. The number of aliphatic hydroxyl groups is 4. The zero-order chi connectivity index (χ0) is 8.81. The summed E-state index contributed by atoms with van der Waals surface area (Å²) in [5, 5.41) is 34.2. The summed E-state index contributed by atoms with van der Waals surface area (Å²) in [6, 6.07) is 0. The second kappa shape index (κ2) is 1.80. The van der Waals surface area contributed by atoms with Gasteiger partial charge < -0.3 is 20.4 Å². The molecule has 0 amide bonds. The average molecular weight is 160 g/mol. The van der Waals surface area contributed by atoms with Gasteiger partial charge in [0, 0.05) is 0 Å². The van der Waals surface area contributed by atoms with Crippen molar-refractivity contribution in [3.05, 3.63) is 11.5 Å². The first kappa shape index (κ1) is 7.70. The molecule has 4 N–H and O–H groups in total. The van der Waals surface area contributed by atoms with Crippen molar-refractivity contribution >= 4 is 11.6 Å². The van der Waals surface area contributed by atoms with E-state index in [-0.39, 0.29) is 0 Å². The van der Waals surface area contributed by atoms with Crippen LogP contribution in [-0.2, 0) is 9.59 Å². The van der Waals surface area contributed by atoms with Crippen LogP contribution in [0.5, 0.6) is 0 Å². The third kappa shape index (κ3) is 0.733. The van der Waals surface area contributed by atoms with Gasteiger partial charge in [-0.3, -0.25) is 9.59 Å². The second-order valence-corrected chi connectivity index (χ2v) is 2.03. The molecular weight excluding hydrogens is 156 g/mol. The zero-order valence-electron chi connectivity index (χ0n) is 5.11. The smallest absolute Gasteiger partial charge is 0.301 e. The molecule has 0 saturated carbocycles. The topological polar surface area (TPSA) is 115 Å². The molecule has 0 fully saturated rings. The standard InChI is InChI=1S/C5H4O6/c6-1-2(7)4(9)5(10,11)3(1)8/h6-7,10-11H. The SMILES string of the molecule is O=C1C(O)=C(O)C(=O)C1(O)O. The average Bonchev–Trinajstić information content (AvgIpc) is 2.06. The van der Waals surface area contributed by atoms with Crippen LogP contribution < -0.4 is 0 Å². The van der Waals surface area contributed by atoms with Crippen LogP contribution in [-0.4, -0.2) is 37.8 Å². The third-order valence-corrected chi connectivity index (χ3v) is 1.29. The molecule has 1 aliphatic rings. The first-order valence-corrected chi connectivity index (χ1v) is 2.55. The van der Waals surface area contributed by atoms with Gasteiger partial charge in [-0.2, -0.15) is 0 Å². The molecule has 0 spiro atoms. The van der Waals surface area contributed by atoms with Gasteiger partial charge in [-0.15, -0.1) is 0 Å². The molecule has 0 aromatic rings. The predicted molar refractivity (Wildman–Crippen MR) is 29.5 cm³/mol. The molecule has 1 rings (SSSR count). The normalized spacial score (nSPS) is 23.1. The lowest BCUT2D eigenvalue weighted by Crippen LogP contribution is -2.42. The molecule has 6 heteroatoms. The lowest BCUT2D eigenvalue weighted by atomic mass is 10.2. The van der Waals surface area contributed by atoms with Crippen LogP contribution >= 0.6 is 0 Å². The number of aliphatic hydroxyl groups excluding tert-OH is 2. The van der Waals surface area contributed by atoms with Crippen molar-refractivity contribution in [1.82, 2.24) is 0 Å². The number of rotatable bonds is 0. The van der Waals surface area contributed by atoms with E-state index in [1.165, 1.54) is 0 Å². The quantitative estimate of drug-likeness (QED) is 0.244. The highest BCUT2D eigenvalue weighted by Crippen LogP contribution is 2.22. The van der Waals surface area contributed by atoms with Crippen molar-refractivity contribution in [1.29, 1.82) is 0 Å². The number of ketones is 2. The van der Waals surface area contributed by atoms with Gasteiger partial charge >= 0.3 is 5.79 Å². The van der Waals surface area contributed by atoms with Crippen molar-refractivity contribution in [2.45, 2.75) is 5.79 Å². The molecular formula is C5H4O6. The molecule has 0 bridgehead atoms. The van der Waals surface area contributed by atoms with E-state index in [1.54, 1.807) is 0 Å². The molecule has 0 aromatic heterocycles. The van der Waals surface area contributed by atoms with Crippen LogP contribution in [0.4, 0.5) is 0 Å². The monoisotopic (exact) mass is 160 g/mol. The fourth-order valence-corrected chi connectivity index (χ4v) is 0.648. The number of Topliss-reactive ketones (excluding diaryl/α,β-unsaturated/α-hetero) is 2. The Morgan fingerprint density at radius 3 is 1.27 bits per heavy atom. The fourth-order valence-electron chi connectivity index (χ4n) is 0.648. The second-order valence-electron chi connectivity index (χ2n) is 2.03. The summed E-state index contributed by atoms with van der Waals surface area (Å²) in [6.45, 7) is 0. The van der Waals surface area contributed by atoms with Gasteiger partial charge in [0.2, 0.25) is 11.5 Å². The minimum atomic E-state index is -3.30. The summed E-state index contributed by atoms with van der Waals surface area (Å²) >= 11 is 0. The van der Waals surface area contributed by atoms with Crippen LogP contribution in [0.15, 0.2) is 11.5 Å². The van der Waals surface area contributed by atoms with E-state index in [0.29, 0.717) is 0 Å². The van der Waals surface area contributed by atoms with Gasteiger partial charge in [-0.05, 0) is 0 Å². The van der Waals surface area contributed by atoms with Crippen LogP contribution in [0.2, 0.25) is 0 Å². The highest BCUT2D eigenvalue weighted by Gasteiger charge is 2.53. The minimum Gasteiger partial charge on any atom is -0.502 e. The van der Waals surface area contributed by atoms with E-state index in [0.717, 1.165) is 0 Å². The van der Waals surface area contributed by atoms with Crippen molar-refractivity contribution < 1.29 is 30.0 Å². The Kier molecular flexibility index (Phi) is 1.26. The Morgan fingerprint density at radius 1 is 0.909 bits per heavy atom. The van der Waals surface area contributed by atoms with Crippen LogP contribution in [0.1, 0.15) is 0 Å². The summed E-state index contributed by atoms with van der Waals surface area (Å²) in [7, 11) is 0. The van der Waals surface area contributed by atoms with E-state index >= 15 is 0 Å².